The highest BCUT2D eigenvalue weighted by atomic mass is 32.1. The van der Waals surface area contributed by atoms with E-state index < -0.39 is 0 Å². The number of hydrogen-bond donors (Lipinski definition) is 2. The van der Waals surface area contributed by atoms with Gasteiger partial charge in [-0.15, -0.1) is 11.3 Å². The third-order valence-electron chi connectivity index (χ3n) is 4.14. The number of carbonyl (C=O) groups excluding carboxylic acids is 1. The third kappa shape index (κ3) is 3.66. The summed E-state index contributed by atoms with van der Waals surface area (Å²) < 4.78 is 11.3. The molecule has 2 N–H and O–H groups in total. The van der Waals surface area contributed by atoms with Crippen LogP contribution >= 0.6 is 11.3 Å². The molecule has 6 nitrogen and oxygen atoms in total. The lowest BCUT2D eigenvalue weighted by Gasteiger charge is -2.29. The molecule has 1 atom stereocenters. The number of amides is 2. The molecule has 3 rings (SSSR count). The summed E-state index contributed by atoms with van der Waals surface area (Å²) in [6.45, 7) is 5.77. The Kier molecular flexibility index (Phi) is 4.57. The number of hydrogen-bond acceptors (Lipinski definition) is 5. The van der Waals surface area contributed by atoms with Crippen molar-refractivity contribution in [1.82, 2.24) is 5.32 Å². The first-order chi connectivity index (χ1) is 11.0. The highest BCUT2D eigenvalue weighted by Gasteiger charge is 2.31. The number of ether oxygens (including phenoxy) is 2. The Morgan fingerprint density at radius 1 is 1.52 bits per heavy atom. The van der Waals surface area contributed by atoms with Gasteiger partial charge in [0.15, 0.2) is 0 Å². The Morgan fingerprint density at radius 2 is 2.35 bits per heavy atom. The smallest absolute Gasteiger partial charge is 0.319 e. The monoisotopic (exact) mass is 335 g/mol. The number of nitrogens with one attached hydrogen (secondary N) is 2. The maximum absolute atomic E-state index is 12.1. The molecule has 7 heteroatoms. The van der Waals surface area contributed by atoms with Crippen molar-refractivity contribution in [1.29, 1.82) is 5.26 Å². The Morgan fingerprint density at radius 3 is 3.04 bits per heavy atom. The summed E-state index contributed by atoms with van der Waals surface area (Å²) in [4.78, 5) is 13.1. The number of fused-ring (bicyclic) bond motifs is 1. The van der Waals surface area contributed by atoms with Gasteiger partial charge in [0.2, 0.25) is 0 Å². The van der Waals surface area contributed by atoms with Crippen molar-refractivity contribution in [2.45, 2.75) is 51.4 Å². The van der Waals surface area contributed by atoms with Gasteiger partial charge < -0.3 is 14.8 Å². The van der Waals surface area contributed by atoms with Crippen LogP contribution in [-0.4, -0.2) is 30.9 Å². The molecule has 1 fully saturated rings. The van der Waals surface area contributed by atoms with Gasteiger partial charge in [0.25, 0.3) is 0 Å². The highest BCUT2D eigenvalue weighted by Crippen LogP contribution is 2.39. The molecule has 2 aliphatic rings. The largest absolute Gasteiger partial charge is 0.376 e. The number of thiophene rings is 1. The maximum Gasteiger partial charge on any atom is 0.319 e. The van der Waals surface area contributed by atoms with Gasteiger partial charge in [-0.3, -0.25) is 5.32 Å². The standard InChI is InChI=1S/C16H21N3O3S/c1-16(2)6-11-12(7-17)14(23-13(11)9-22-16)19-15(20)18-8-10-4-3-5-21-10/h10H,3-6,8-9H2,1-2H3,(H2,18,19,20)/t10-/m1/s1. The SMILES string of the molecule is CC1(C)Cc2c(sc(NC(=O)NC[C@H]3CCCO3)c2C#N)CO1. The average molecular weight is 335 g/mol. The fraction of sp³-hybridized carbons (Fsp3) is 0.625. The second-order valence-corrected chi connectivity index (χ2v) is 7.62. The summed E-state index contributed by atoms with van der Waals surface area (Å²) in [6, 6.07) is 1.94. The third-order valence-corrected chi connectivity index (χ3v) is 5.26. The average Bonchev–Trinajstić information content (AvgIpc) is 3.11. The minimum absolute atomic E-state index is 0.0990. The summed E-state index contributed by atoms with van der Waals surface area (Å²) in [5.74, 6) is 0. The van der Waals surface area contributed by atoms with E-state index in [1.165, 1.54) is 11.3 Å². The Hall–Kier alpha value is -1.62. The Bertz CT molecular complexity index is 642. The van der Waals surface area contributed by atoms with Gasteiger partial charge >= 0.3 is 6.03 Å². The number of nitrogens with zero attached hydrogens (tertiary/aromatic N) is 1. The van der Waals surface area contributed by atoms with Crippen LogP contribution in [0.25, 0.3) is 0 Å². The molecule has 0 saturated carbocycles. The molecule has 0 unspecified atom stereocenters. The molecule has 3 heterocycles. The van der Waals surface area contributed by atoms with Gasteiger partial charge in [0.1, 0.15) is 11.1 Å². The molecule has 0 aromatic carbocycles. The number of carbonyl (C=O) groups is 1. The summed E-state index contributed by atoms with van der Waals surface area (Å²) >= 11 is 1.42. The molecular formula is C16H21N3O3S. The molecule has 124 valence electrons. The van der Waals surface area contributed by atoms with Gasteiger partial charge in [-0.25, -0.2) is 4.79 Å². The Balaban J connectivity index is 1.67. The summed E-state index contributed by atoms with van der Waals surface area (Å²) in [5, 5.41) is 15.7. The van der Waals surface area contributed by atoms with E-state index in [-0.39, 0.29) is 17.7 Å². The molecule has 2 amide bonds. The van der Waals surface area contributed by atoms with Gasteiger partial charge in [-0.1, -0.05) is 0 Å². The van der Waals surface area contributed by atoms with E-state index in [9.17, 15) is 10.1 Å². The van der Waals surface area contributed by atoms with Crippen molar-refractivity contribution < 1.29 is 14.3 Å². The molecule has 0 radical (unpaired) electrons. The van der Waals surface area contributed by atoms with E-state index in [1.807, 2.05) is 13.8 Å². The van der Waals surface area contributed by atoms with E-state index in [0.717, 1.165) is 29.9 Å². The fourth-order valence-electron chi connectivity index (χ4n) is 2.92. The first-order valence-corrected chi connectivity index (χ1v) is 8.65. The molecule has 1 aromatic rings. The topological polar surface area (TPSA) is 83.4 Å². The zero-order valence-electron chi connectivity index (χ0n) is 13.4. The van der Waals surface area contributed by atoms with Crippen LogP contribution in [0, 0.1) is 11.3 Å². The second-order valence-electron chi connectivity index (χ2n) is 6.51. The maximum atomic E-state index is 12.1. The van der Waals surface area contributed by atoms with E-state index in [2.05, 4.69) is 16.7 Å². The van der Waals surface area contributed by atoms with E-state index in [4.69, 9.17) is 9.47 Å². The quantitative estimate of drug-likeness (QED) is 0.890. The van der Waals surface area contributed by atoms with Crippen molar-refractivity contribution in [3.8, 4) is 6.07 Å². The predicted octanol–water partition coefficient (Wildman–Crippen LogP) is 2.77. The summed E-state index contributed by atoms with van der Waals surface area (Å²) in [7, 11) is 0. The van der Waals surface area contributed by atoms with Crippen LogP contribution in [0.2, 0.25) is 0 Å². The minimum atomic E-state index is -0.296. The molecule has 2 aliphatic heterocycles. The first kappa shape index (κ1) is 16.2. The van der Waals surface area contributed by atoms with Crippen molar-refractivity contribution in [2.75, 3.05) is 18.5 Å². The van der Waals surface area contributed by atoms with Crippen LogP contribution in [-0.2, 0) is 22.5 Å². The lowest BCUT2D eigenvalue weighted by Crippen LogP contribution is -2.35. The highest BCUT2D eigenvalue weighted by molar-refractivity contribution is 7.16. The van der Waals surface area contributed by atoms with Crippen LogP contribution in [0.15, 0.2) is 0 Å². The number of anilines is 1. The lowest BCUT2D eigenvalue weighted by atomic mass is 9.93. The fourth-order valence-corrected chi connectivity index (χ4v) is 4.00. The molecule has 23 heavy (non-hydrogen) atoms. The minimum Gasteiger partial charge on any atom is -0.376 e. The van der Waals surface area contributed by atoms with Gasteiger partial charge in [-0.05, 0) is 32.3 Å². The van der Waals surface area contributed by atoms with Crippen molar-refractivity contribution in [3.63, 3.8) is 0 Å². The molecule has 1 saturated heterocycles. The molecule has 0 aliphatic carbocycles. The normalized spacial score (nSPS) is 22.2. The molecule has 0 spiro atoms. The van der Waals surface area contributed by atoms with Crippen LogP contribution in [0.1, 0.15) is 42.7 Å². The zero-order valence-corrected chi connectivity index (χ0v) is 14.2. The van der Waals surface area contributed by atoms with Crippen LogP contribution in [0.3, 0.4) is 0 Å². The van der Waals surface area contributed by atoms with E-state index >= 15 is 0 Å². The number of rotatable bonds is 3. The van der Waals surface area contributed by atoms with Crippen molar-refractivity contribution in [3.05, 3.63) is 16.0 Å². The lowest BCUT2D eigenvalue weighted by molar-refractivity contribution is -0.0383. The van der Waals surface area contributed by atoms with Crippen molar-refractivity contribution >= 4 is 22.4 Å². The molecular weight excluding hydrogens is 314 g/mol. The van der Waals surface area contributed by atoms with Gasteiger partial charge in [-0.2, -0.15) is 5.26 Å². The second kappa shape index (κ2) is 6.48. The zero-order chi connectivity index (χ0) is 16.4. The first-order valence-electron chi connectivity index (χ1n) is 7.83. The van der Waals surface area contributed by atoms with Crippen LogP contribution < -0.4 is 10.6 Å². The van der Waals surface area contributed by atoms with E-state index in [1.54, 1.807) is 0 Å². The molecule has 0 bridgehead atoms. The van der Waals surface area contributed by atoms with Crippen LogP contribution in [0.4, 0.5) is 9.80 Å². The Labute approximate surface area is 139 Å². The predicted molar refractivity (Wildman–Crippen MR) is 87.6 cm³/mol. The molecule has 1 aromatic heterocycles. The van der Waals surface area contributed by atoms with Gasteiger partial charge in [0.05, 0.1) is 23.9 Å². The van der Waals surface area contributed by atoms with E-state index in [0.29, 0.717) is 30.1 Å². The van der Waals surface area contributed by atoms with Crippen molar-refractivity contribution in [2.24, 2.45) is 0 Å². The van der Waals surface area contributed by atoms with Gasteiger partial charge in [0, 0.05) is 24.4 Å². The summed E-state index contributed by atoms with van der Waals surface area (Å²) in [5.41, 5.74) is 1.29. The number of urea groups is 1. The summed E-state index contributed by atoms with van der Waals surface area (Å²) in [6.07, 6.45) is 2.80. The van der Waals surface area contributed by atoms with Crippen LogP contribution in [0.5, 0.6) is 0 Å². The number of nitriles is 1.